The molecule has 0 aliphatic heterocycles. The van der Waals surface area contributed by atoms with Crippen LogP contribution in [0.5, 0.6) is 5.75 Å². The number of aryl methyl sites for hydroxylation is 4. The van der Waals surface area contributed by atoms with Crippen LogP contribution in [-0.4, -0.2) is 18.7 Å². The van der Waals surface area contributed by atoms with Gasteiger partial charge in [-0.3, -0.25) is 4.79 Å². The van der Waals surface area contributed by atoms with Crippen LogP contribution in [0.15, 0.2) is 39.9 Å². The lowest BCUT2D eigenvalue weighted by Crippen LogP contribution is -2.24. The highest BCUT2D eigenvalue weighted by atomic mass is 79.9. The van der Waals surface area contributed by atoms with Crippen LogP contribution < -0.4 is 10.2 Å². The van der Waals surface area contributed by atoms with Gasteiger partial charge >= 0.3 is 0 Å². The van der Waals surface area contributed by atoms with Crippen LogP contribution in [0.25, 0.3) is 0 Å². The lowest BCUT2D eigenvalue weighted by atomic mass is 10.0. The van der Waals surface area contributed by atoms with Gasteiger partial charge in [-0.15, -0.1) is 0 Å². The third-order valence-electron chi connectivity index (χ3n) is 3.88. The summed E-state index contributed by atoms with van der Waals surface area (Å²) in [5, 5.41) is 4.04. The van der Waals surface area contributed by atoms with Gasteiger partial charge in [-0.05, 0) is 71.9 Å². The number of nitrogens with one attached hydrogen (secondary N) is 1. The van der Waals surface area contributed by atoms with E-state index in [2.05, 4.69) is 52.4 Å². The van der Waals surface area contributed by atoms with E-state index in [1.165, 1.54) is 11.1 Å². The van der Waals surface area contributed by atoms with Crippen molar-refractivity contribution in [3.63, 3.8) is 0 Å². The molecule has 0 atom stereocenters. The number of ether oxygens (including phenoxy) is 1. The zero-order valence-electron chi connectivity index (χ0n) is 15.0. The van der Waals surface area contributed by atoms with Gasteiger partial charge in [-0.25, -0.2) is 5.43 Å². The van der Waals surface area contributed by atoms with E-state index in [4.69, 9.17) is 4.74 Å². The number of halogens is 1. The lowest BCUT2D eigenvalue weighted by molar-refractivity contribution is -0.123. The Morgan fingerprint density at radius 2 is 1.88 bits per heavy atom. The Bertz CT molecular complexity index is 777. The summed E-state index contributed by atoms with van der Waals surface area (Å²) in [5.74, 6) is 0.340. The van der Waals surface area contributed by atoms with Gasteiger partial charge in [0.25, 0.3) is 5.91 Å². The Balaban J connectivity index is 1.91. The molecule has 1 N–H and O–H groups in total. The summed E-state index contributed by atoms with van der Waals surface area (Å²) in [5.41, 5.74) is 8.20. The van der Waals surface area contributed by atoms with Crippen molar-refractivity contribution in [2.75, 3.05) is 6.61 Å². The van der Waals surface area contributed by atoms with E-state index in [0.29, 0.717) is 5.75 Å². The molecule has 0 aliphatic carbocycles. The molecule has 5 heteroatoms. The maximum atomic E-state index is 11.9. The molecule has 2 aromatic rings. The van der Waals surface area contributed by atoms with Crippen molar-refractivity contribution in [1.29, 1.82) is 0 Å². The molecule has 0 spiro atoms. The fraction of sp³-hybridized carbons (Fsp3) is 0.300. The summed E-state index contributed by atoms with van der Waals surface area (Å²) in [6.45, 7) is 8.12. The largest absolute Gasteiger partial charge is 0.483 e. The second-order valence-electron chi connectivity index (χ2n) is 6.01. The SMILES string of the molecule is CCc1ccc(OCC(=O)N/N=C/c2c(C)cc(C)cc2C)c(Br)c1. The number of amides is 1. The van der Waals surface area contributed by atoms with Crippen LogP contribution in [0, 0.1) is 20.8 Å². The molecule has 0 unspecified atom stereocenters. The van der Waals surface area contributed by atoms with E-state index in [9.17, 15) is 4.79 Å². The number of hydrogen-bond donors (Lipinski definition) is 1. The fourth-order valence-corrected chi connectivity index (χ4v) is 3.16. The molecule has 0 fully saturated rings. The van der Waals surface area contributed by atoms with E-state index < -0.39 is 0 Å². The molecule has 0 aliphatic rings. The summed E-state index contributed by atoms with van der Waals surface area (Å²) >= 11 is 3.46. The van der Waals surface area contributed by atoms with Crippen LogP contribution in [0.1, 0.15) is 34.7 Å². The number of hydrazone groups is 1. The highest BCUT2D eigenvalue weighted by Crippen LogP contribution is 2.26. The molecule has 0 aromatic heterocycles. The summed E-state index contributed by atoms with van der Waals surface area (Å²) in [7, 11) is 0. The number of benzene rings is 2. The van der Waals surface area contributed by atoms with Crippen LogP contribution >= 0.6 is 15.9 Å². The van der Waals surface area contributed by atoms with Crippen molar-refractivity contribution in [2.24, 2.45) is 5.10 Å². The van der Waals surface area contributed by atoms with Crippen LogP contribution in [0.2, 0.25) is 0 Å². The van der Waals surface area contributed by atoms with E-state index in [-0.39, 0.29) is 12.5 Å². The third kappa shape index (κ3) is 5.43. The van der Waals surface area contributed by atoms with Crippen molar-refractivity contribution in [1.82, 2.24) is 5.43 Å². The molecule has 0 radical (unpaired) electrons. The Morgan fingerprint density at radius 1 is 1.20 bits per heavy atom. The van der Waals surface area contributed by atoms with Gasteiger partial charge in [0.2, 0.25) is 0 Å². The van der Waals surface area contributed by atoms with Crippen LogP contribution in [-0.2, 0) is 11.2 Å². The van der Waals surface area contributed by atoms with Crippen molar-refractivity contribution >= 4 is 28.1 Å². The second-order valence-corrected chi connectivity index (χ2v) is 6.87. The highest BCUT2D eigenvalue weighted by molar-refractivity contribution is 9.10. The predicted octanol–water partition coefficient (Wildman–Crippen LogP) is 4.47. The zero-order chi connectivity index (χ0) is 18.4. The predicted molar refractivity (Wildman–Crippen MR) is 105 cm³/mol. The molecule has 0 saturated carbocycles. The van der Waals surface area contributed by atoms with Gasteiger partial charge in [-0.2, -0.15) is 5.10 Å². The first-order valence-corrected chi connectivity index (χ1v) is 9.01. The number of rotatable bonds is 6. The molecule has 4 nitrogen and oxygen atoms in total. The van der Waals surface area contributed by atoms with E-state index in [1.807, 2.05) is 32.0 Å². The number of carbonyl (C=O) groups is 1. The first kappa shape index (κ1) is 19.2. The average molecular weight is 403 g/mol. The summed E-state index contributed by atoms with van der Waals surface area (Å²) in [6, 6.07) is 10.0. The highest BCUT2D eigenvalue weighted by Gasteiger charge is 2.06. The van der Waals surface area contributed by atoms with Gasteiger partial charge in [0.05, 0.1) is 10.7 Å². The minimum atomic E-state index is -0.301. The fourth-order valence-electron chi connectivity index (χ4n) is 2.62. The van der Waals surface area contributed by atoms with Crippen LogP contribution in [0.4, 0.5) is 0 Å². The topological polar surface area (TPSA) is 50.7 Å². The Morgan fingerprint density at radius 3 is 2.48 bits per heavy atom. The van der Waals surface area contributed by atoms with E-state index in [1.54, 1.807) is 6.21 Å². The standard InChI is InChI=1S/C20H23BrN2O2/c1-5-16-6-7-19(18(21)10-16)25-12-20(24)23-22-11-17-14(3)8-13(2)9-15(17)4/h6-11H,5,12H2,1-4H3,(H,23,24)/b22-11+. The molecule has 25 heavy (non-hydrogen) atoms. The van der Waals surface area contributed by atoms with E-state index >= 15 is 0 Å². The third-order valence-corrected chi connectivity index (χ3v) is 4.50. The molecular weight excluding hydrogens is 380 g/mol. The Kier molecular flexibility index (Phi) is 6.76. The van der Waals surface area contributed by atoms with Gasteiger partial charge in [0.1, 0.15) is 5.75 Å². The maximum Gasteiger partial charge on any atom is 0.277 e. The molecule has 0 bridgehead atoms. The van der Waals surface area contributed by atoms with Crippen molar-refractivity contribution in [3.05, 3.63) is 62.6 Å². The molecule has 0 saturated heterocycles. The minimum Gasteiger partial charge on any atom is -0.483 e. The molecule has 1 amide bonds. The van der Waals surface area contributed by atoms with Gasteiger partial charge in [0, 0.05) is 5.56 Å². The number of hydrogen-bond acceptors (Lipinski definition) is 3. The van der Waals surface area contributed by atoms with Gasteiger partial charge in [-0.1, -0.05) is 30.7 Å². The second kappa shape index (κ2) is 8.81. The van der Waals surface area contributed by atoms with Crippen LogP contribution in [0.3, 0.4) is 0 Å². The number of nitrogens with zero attached hydrogens (tertiary/aromatic N) is 1. The maximum absolute atomic E-state index is 11.9. The quantitative estimate of drug-likeness (QED) is 0.572. The van der Waals surface area contributed by atoms with Crippen molar-refractivity contribution < 1.29 is 9.53 Å². The Hall–Kier alpha value is -2.14. The summed E-state index contributed by atoms with van der Waals surface area (Å²) in [4.78, 5) is 11.9. The normalized spacial score (nSPS) is 10.9. The number of carbonyl (C=O) groups excluding carboxylic acids is 1. The summed E-state index contributed by atoms with van der Waals surface area (Å²) in [6.07, 6.45) is 2.62. The molecule has 2 aromatic carbocycles. The van der Waals surface area contributed by atoms with Gasteiger partial charge < -0.3 is 4.74 Å². The monoisotopic (exact) mass is 402 g/mol. The molecule has 132 valence electrons. The first-order chi connectivity index (χ1) is 11.9. The minimum absolute atomic E-state index is 0.0900. The smallest absolute Gasteiger partial charge is 0.277 e. The average Bonchev–Trinajstić information content (AvgIpc) is 2.56. The molecule has 0 heterocycles. The summed E-state index contributed by atoms with van der Waals surface area (Å²) < 4.78 is 6.37. The lowest BCUT2D eigenvalue weighted by Gasteiger charge is -2.09. The van der Waals surface area contributed by atoms with Gasteiger partial charge in [0.15, 0.2) is 6.61 Å². The molecule has 2 rings (SSSR count). The van der Waals surface area contributed by atoms with Crippen molar-refractivity contribution in [3.8, 4) is 5.75 Å². The first-order valence-electron chi connectivity index (χ1n) is 8.21. The van der Waals surface area contributed by atoms with Crippen molar-refractivity contribution in [2.45, 2.75) is 34.1 Å². The Labute approximate surface area is 157 Å². The van der Waals surface area contributed by atoms with E-state index in [0.717, 1.165) is 27.6 Å². The molecular formula is C20H23BrN2O2. The zero-order valence-corrected chi connectivity index (χ0v) is 16.6.